The molecule has 12 heteroatoms. The van der Waals surface area contributed by atoms with Gasteiger partial charge in [0.1, 0.15) is 27.2 Å². The van der Waals surface area contributed by atoms with E-state index in [9.17, 15) is 14.3 Å². The van der Waals surface area contributed by atoms with Crippen LogP contribution in [-0.2, 0) is 0 Å². The maximum absolute atomic E-state index is 14.9. The van der Waals surface area contributed by atoms with Crippen LogP contribution in [0.5, 0.6) is 0 Å². The smallest absolute Gasteiger partial charge is 0.280 e. The van der Waals surface area contributed by atoms with Gasteiger partial charge in [0.05, 0.1) is 41.7 Å². The summed E-state index contributed by atoms with van der Waals surface area (Å²) in [5.74, 6) is -0.503. The van der Waals surface area contributed by atoms with Crippen molar-refractivity contribution in [1.29, 1.82) is 0 Å². The molecule has 0 saturated heterocycles. The normalized spacial score (nSPS) is 19.9. The minimum atomic E-state index is -0.988. The number of hydrogen-bond donors (Lipinski definition) is 4. The first-order chi connectivity index (χ1) is 17.9. The van der Waals surface area contributed by atoms with Crippen molar-refractivity contribution in [1.82, 2.24) is 24.8 Å². The molecule has 0 bridgehead atoms. The van der Waals surface area contributed by atoms with Crippen molar-refractivity contribution >= 4 is 45.6 Å². The average molecular weight is 541 g/mol. The summed E-state index contributed by atoms with van der Waals surface area (Å²) in [5.41, 5.74) is 7.73. The van der Waals surface area contributed by atoms with E-state index in [1.54, 1.807) is 30.5 Å². The summed E-state index contributed by atoms with van der Waals surface area (Å²) in [4.78, 5) is 25.8. The number of carbonyl (C=O) groups excluding carboxylic acids is 1. The number of imidazole rings is 1. The van der Waals surface area contributed by atoms with Gasteiger partial charge in [0.25, 0.3) is 5.91 Å². The number of nitrogens with one attached hydrogen (secondary N) is 1. The van der Waals surface area contributed by atoms with E-state index in [1.165, 1.54) is 24.5 Å². The number of thiazole rings is 1. The van der Waals surface area contributed by atoms with Crippen LogP contribution in [0.2, 0.25) is 4.34 Å². The van der Waals surface area contributed by atoms with Crippen molar-refractivity contribution in [3.05, 3.63) is 75.9 Å². The van der Waals surface area contributed by atoms with Gasteiger partial charge in [-0.1, -0.05) is 35.1 Å². The topological polar surface area (TPSA) is 145 Å². The minimum absolute atomic E-state index is 0.217. The van der Waals surface area contributed by atoms with E-state index in [0.29, 0.717) is 51.9 Å². The summed E-state index contributed by atoms with van der Waals surface area (Å²) >= 11 is 6.99. The highest BCUT2D eigenvalue weighted by molar-refractivity contribution is 7.17. The monoisotopic (exact) mass is 540 g/mol. The Labute approximate surface area is 220 Å². The number of pyridine rings is 1. The van der Waals surface area contributed by atoms with E-state index in [0.717, 1.165) is 11.3 Å². The van der Waals surface area contributed by atoms with Crippen LogP contribution in [0.3, 0.4) is 0 Å². The number of aliphatic hydroxyl groups is 1. The fourth-order valence-electron chi connectivity index (χ4n) is 4.70. The Morgan fingerprint density at radius 2 is 2.11 bits per heavy atom. The molecule has 0 radical (unpaired) electrons. The van der Waals surface area contributed by atoms with Gasteiger partial charge >= 0.3 is 0 Å². The van der Waals surface area contributed by atoms with Gasteiger partial charge in [0.2, 0.25) is 5.71 Å². The van der Waals surface area contributed by atoms with Crippen molar-refractivity contribution in [3.63, 3.8) is 0 Å². The third kappa shape index (κ3) is 4.85. The number of amides is 1. The molecule has 1 saturated carbocycles. The molecular weight excluding hydrogens is 517 g/mol. The Morgan fingerprint density at radius 3 is 2.84 bits per heavy atom. The second-order valence-electron chi connectivity index (χ2n) is 8.70. The number of hydrogen-bond acceptors (Lipinski definition) is 7. The lowest BCUT2D eigenvalue weighted by molar-refractivity contribution is -0.111. The Hall–Kier alpha value is -3.67. The number of rotatable bonds is 6. The molecule has 3 heterocycles. The third-order valence-corrected chi connectivity index (χ3v) is 7.52. The number of nitrogens with two attached hydrogens (primary N) is 2. The highest BCUT2D eigenvalue weighted by Crippen LogP contribution is 2.37. The predicted octanol–water partition coefficient (Wildman–Crippen LogP) is 2.25. The van der Waals surface area contributed by atoms with Crippen LogP contribution < -0.4 is 16.5 Å². The van der Waals surface area contributed by atoms with Crippen molar-refractivity contribution in [2.24, 2.45) is 5.73 Å². The van der Waals surface area contributed by atoms with E-state index < -0.39 is 29.9 Å². The Bertz CT molecular complexity index is 1520. The van der Waals surface area contributed by atoms with Crippen LogP contribution >= 0.6 is 22.9 Å². The molecule has 37 heavy (non-hydrogen) atoms. The summed E-state index contributed by atoms with van der Waals surface area (Å²) < 4.78 is 17.2. The molecule has 0 spiro atoms. The molecule has 1 amide bonds. The van der Waals surface area contributed by atoms with Crippen LogP contribution in [0.1, 0.15) is 40.8 Å². The third-order valence-electron chi connectivity index (χ3n) is 6.40. The molecule has 9 nitrogen and oxygen atoms in total. The largest absolute Gasteiger partial charge is 0.404 e. The fraction of sp³-hybridized carbons (Fsp3) is 0.240. The zero-order chi connectivity index (χ0) is 26.1. The summed E-state index contributed by atoms with van der Waals surface area (Å²) in [6, 6.07) is 7.00. The number of fused-ring (bicyclic) bond motifs is 1. The molecule has 4 aromatic rings. The highest BCUT2D eigenvalue weighted by Gasteiger charge is 2.37. The fourth-order valence-corrected chi connectivity index (χ4v) is 5.51. The van der Waals surface area contributed by atoms with Crippen LogP contribution in [0, 0.1) is 5.82 Å². The second kappa shape index (κ2) is 10.4. The predicted molar refractivity (Wildman–Crippen MR) is 140 cm³/mol. The number of carbonyl (C=O) groups is 1. The molecule has 0 aliphatic heterocycles. The molecule has 1 fully saturated rings. The Morgan fingerprint density at radius 1 is 1.30 bits per heavy atom. The number of benzene rings is 1. The zero-order valence-corrected chi connectivity index (χ0v) is 21.1. The minimum Gasteiger partial charge on any atom is -0.404 e. The number of aromatic nitrogens is 4. The van der Waals surface area contributed by atoms with Crippen LogP contribution in [0.15, 0.2) is 55.0 Å². The molecule has 5 rings (SSSR count). The van der Waals surface area contributed by atoms with Gasteiger partial charge in [-0.25, -0.2) is 19.3 Å². The summed E-state index contributed by atoms with van der Waals surface area (Å²) in [7, 11) is 0. The average Bonchev–Trinajstić information content (AvgIpc) is 3.49. The van der Waals surface area contributed by atoms with E-state index >= 15 is 0 Å². The molecule has 0 unspecified atom stereocenters. The molecule has 3 atom stereocenters. The van der Waals surface area contributed by atoms with Gasteiger partial charge in [-0.3, -0.25) is 10.2 Å². The first-order valence-corrected chi connectivity index (χ1v) is 12.8. The van der Waals surface area contributed by atoms with Crippen LogP contribution in [0.25, 0.3) is 22.4 Å². The summed E-state index contributed by atoms with van der Waals surface area (Å²) in [6.45, 7) is 0. The first kappa shape index (κ1) is 25.0. The quantitative estimate of drug-likeness (QED) is 0.276. The maximum Gasteiger partial charge on any atom is 0.280 e. The molecule has 190 valence electrons. The lowest BCUT2D eigenvalue weighted by atomic mass is 9.87. The molecule has 6 N–H and O–H groups in total. The van der Waals surface area contributed by atoms with E-state index in [2.05, 4.69) is 20.3 Å². The van der Waals surface area contributed by atoms with Crippen molar-refractivity contribution < 1.29 is 19.7 Å². The van der Waals surface area contributed by atoms with Gasteiger partial charge in [-0.05, 0) is 37.5 Å². The van der Waals surface area contributed by atoms with Gasteiger partial charge in [0, 0.05) is 12.3 Å². The lowest BCUT2D eigenvalue weighted by Gasteiger charge is -2.36. The first-order valence-electron chi connectivity index (χ1n) is 11.6. The van der Waals surface area contributed by atoms with Crippen LogP contribution in [0.4, 0.5) is 4.39 Å². The van der Waals surface area contributed by atoms with Gasteiger partial charge in [-0.15, -0.1) is 0 Å². The van der Waals surface area contributed by atoms with E-state index in [4.69, 9.17) is 22.7 Å². The van der Waals surface area contributed by atoms with E-state index in [1.807, 2.05) is 4.57 Å². The molecule has 3 aromatic heterocycles. The van der Waals surface area contributed by atoms with Gasteiger partial charge < -0.3 is 20.7 Å². The number of halogens is 2. The van der Waals surface area contributed by atoms with Gasteiger partial charge in [-0.2, -0.15) is 0 Å². The zero-order valence-electron chi connectivity index (χ0n) is 19.5. The number of allylic oxidation sites excluding steroid dienone is 1. The van der Waals surface area contributed by atoms with Crippen molar-refractivity contribution in [2.45, 2.75) is 37.5 Å². The number of nitrogens with zero attached hydrogens (tertiary/aromatic N) is 4. The van der Waals surface area contributed by atoms with Crippen molar-refractivity contribution in [2.75, 3.05) is 0 Å². The number of aliphatic hydroxyl groups excluding tert-OH is 1. The SMILES string of the molecule is N/C=C\C(=[NH2+])c1cc2c(cn1)nc(-c1ccccc1F)n2[C@@H]1CCC[C@H](NC(=O)c2ncc(Cl)s2)[C@H]1O. The Kier molecular flexibility index (Phi) is 7.00. The van der Waals surface area contributed by atoms with Crippen molar-refractivity contribution in [3.8, 4) is 11.4 Å². The maximum atomic E-state index is 14.9. The Balaban J connectivity index is 1.59. The second-order valence-corrected chi connectivity index (χ2v) is 10.4. The lowest BCUT2D eigenvalue weighted by Crippen LogP contribution is -2.49. The molecule has 1 aliphatic rings. The highest BCUT2D eigenvalue weighted by atomic mass is 35.5. The molecular formula is C25H24ClFN7O2S+. The summed E-state index contributed by atoms with van der Waals surface area (Å²) in [5, 5.41) is 20.7. The standard InChI is InChI=1S/C25H23ClFN7O2S/c26-21-12-31-25(37-21)24(36)33-16-6-3-7-19(22(16)35)34-20-10-17(15(29)8-9-28)30-11-18(20)32-23(34)13-4-1-2-5-14(13)27/h1-2,4-5,8-12,16,19,22,29,35H,3,6-7,28H2,(H,33,36)/p+1/b9-8-,29-15?/t16-,19+,22+/m0/s1. The van der Waals surface area contributed by atoms with E-state index in [-0.39, 0.29) is 10.6 Å². The summed E-state index contributed by atoms with van der Waals surface area (Å²) in [6.07, 6.45) is 6.69. The van der Waals surface area contributed by atoms with Crippen LogP contribution in [-0.4, -0.2) is 48.4 Å². The van der Waals surface area contributed by atoms with Gasteiger partial charge in [0.15, 0.2) is 5.01 Å². The molecule has 1 aliphatic carbocycles. The molecule has 1 aromatic carbocycles.